The van der Waals surface area contributed by atoms with E-state index >= 15 is 0 Å². The number of nitrogens with one attached hydrogen (secondary N) is 3. The van der Waals surface area contributed by atoms with Crippen LogP contribution in [-0.4, -0.2) is 29.9 Å². The fourth-order valence-electron chi connectivity index (χ4n) is 2.63. The highest BCUT2D eigenvalue weighted by Gasteiger charge is 2.25. The van der Waals surface area contributed by atoms with Gasteiger partial charge in [-0.25, -0.2) is 4.39 Å². The molecule has 0 saturated carbocycles. The number of carbonyl (C=O) groups is 3. The second kappa shape index (κ2) is 10.9. The van der Waals surface area contributed by atoms with Crippen molar-refractivity contribution in [2.75, 3.05) is 0 Å². The molecule has 0 radical (unpaired) electrons. The van der Waals surface area contributed by atoms with Crippen LogP contribution < -0.4 is 20.9 Å². The van der Waals surface area contributed by atoms with E-state index in [-0.39, 0.29) is 24.0 Å². The van der Waals surface area contributed by atoms with Gasteiger partial charge in [0.2, 0.25) is 5.91 Å². The number of ether oxygens (including phenoxy) is 1. The minimum atomic E-state index is -1.05. The molecule has 0 aromatic heterocycles. The predicted octanol–water partition coefficient (Wildman–Crippen LogP) is 2.12. The smallest absolute Gasteiger partial charge is 0.279 e. The van der Waals surface area contributed by atoms with Crippen LogP contribution in [0.25, 0.3) is 0 Å². The second-order valence-corrected chi connectivity index (χ2v) is 7.12. The fourth-order valence-corrected chi connectivity index (χ4v) is 2.63. The summed E-state index contributed by atoms with van der Waals surface area (Å²) in [5.74, 6) is -2.42. The molecule has 30 heavy (non-hydrogen) atoms. The van der Waals surface area contributed by atoms with Crippen LogP contribution in [0.15, 0.2) is 54.6 Å². The first-order valence-corrected chi connectivity index (χ1v) is 9.62. The molecule has 2 aromatic carbocycles. The molecule has 2 aromatic rings. The lowest BCUT2D eigenvalue weighted by Gasteiger charge is -2.22. The first-order valence-electron chi connectivity index (χ1n) is 9.62. The van der Waals surface area contributed by atoms with E-state index in [1.807, 2.05) is 30.3 Å². The molecule has 0 bridgehead atoms. The molecule has 0 aliphatic heterocycles. The van der Waals surface area contributed by atoms with Crippen LogP contribution in [0.1, 0.15) is 26.3 Å². The Hall–Kier alpha value is -3.42. The van der Waals surface area contributed by atoms with Crippen molar-refractivity contribution in [2.45, 2.75) is 39.3 Å². The van der Waals surface area contributed by atoms with Gasteiger partial charge < -0.3 is 10.1 Å². The Bertz CT molecular complexity index is 874. The van der Waals surface area contributed by atoms with Gasteiger partial charge in [0.05, 0.1) is 6.42 Å². The predicted molar refractivity (Wildman–Crippen MR) is 110 cm³/mol. The first-order chi connectivity index (χ1) is 14.3. The van der Waals surface area contributed by atoms with Crippen molar-refractivity contribution in [3.05, 3.63) is 66.0 Å². The summed E-state index contributed by atoms with van der Waals surface area (Å²) in [5, 5.41) is 2.68. The van der Waals surface area contributed by atoms with Crippen molar-refractivity contribution in [1.29, 1.82) is 0 Å². The van der Waals surface area contributed by atoms with E-state index < -0.39 is 29.8 Å². The van der Waals surface area contributed by atoms with Crippen molar-refractivity contribution < 1.29 is 23.5 Å². The Morgan fingerprint density at radius 2 is 1.50 bits per heavy atom. The maximum absolute atomic E-state index is 13.6. The van der Waals surface area contributed by atoms with Crippen LogP contribution >= 0.6 is 0 Å². The number of benzene rings is 2. The molecule has 2 atom stereocenters. The molecule has 1 unspecified atom stereocenters. The average Bonchev–Trinajstić information content (AvgIpc) is 2.72. The highest BCUT2D eigenvalue weighted by Crippen LogP contribution is 2.16. The molecule has 0 heterocycles. The summed E-state index contributed by atoms with van der Waals surface area (Å²) < 4.78 is 18.9. The summed E-state index contributed by atoms with van der Waals surface area (Å²) in [4.78, 5) is 36.9. The number of hydrogen-bond donors (Lipinski definition) is 3. The number of carbonyl (C=O) groups excluding carboxylic acids is 3. The Kier molecular flexibility index (Phi) is 8.34. The molecule has 0 aliphatic carbocycles. The van der Waals surface area contributed by atoms with Gasteiger partial charge in [-0.3, -0.25) is 25.2 Å². The van der Waals surface area contributed by atoms with Crippen molar-refractivity contribution in [1.82, 2.24) is 16.2 Å². The van der Waals surface area contributed by atoms with Crippen molar-refractivity contribution in [3.63, 3.8) is 0 Å². The number of hydrogen-bond acceptors (Lipinski definition) is 4. The van der Waals surface area contributed by atoms with E-state index in [0.717, 1.165) is 5.56 Å². The molecule has 3 N–H and O–H groups in total. The van der Waals surface area contributed by atoms with Crippen LogP contribution in [0.3, 0.4) is 0 Å². The van der Waals surface area contributed by atoms with Gasteiger partial charge >= 0.3 is 0 Å². The average molecular weight is 415 g/mol. The zero-order chi connectivity index (χ0) is 22.1. The van der Waals surface area contributed by atoms with Gasteiger partial charge in [0.1, 0.15) is 6.04 Å². The zero-order valence-electron chi connectivity index (χ0n) is 17.1. The standard InChI is InChI=1S/C22H26FN3O4/c1-14(2)20(24-19(27)13-16-9-5-4-6-10-16)22(29)26-25-21(28)15(3)30-18-12-8-7-11-17(18)23/h4-12,14-15,20H,13H2,1-3H3,(H,24,27)(H,25,28)(H,26,29)/t15?,20-/m0/s1. The lowest BCUT2D eigenvalue weighted by molar-refractivity contribution is -0.135. The summed E-state index contributed by atoms with van der Waals surface area (Å²) in [6.07, 6.45) is -0.913. The maximum atomic E-state index is 13.6. The third-order valence-corrected chi connectivity index (χ3v) is 4.29. The molecule has 7 nitrogen and oxygen atoms in total. The second-order valence-electron chi connectivity index (χ2n) is 7.12. The quantitative estimate of drug-likeness (QED) is 0.576. The zero-order valence-corrected chi connectivity index (χ0v) is 17.1. The summed E-state index contributed by atoms with van der Waals surface area (Å²) in [7, 11) is 0. The van der Waals surface area contributed by atoms with Gasteiger partial charge in [0.15, 0.2) is 17.7 Å². The number of amides is 3. The third-order valence-electron chi connectivity index (χ3n) is 4.29. The van der Waals surface area contributed by atoms with E-state index in [1.54, 1.807) is 19.9 Å². The molecule has 0 fully saturated rings. The summed E-state index contributed by atoms with van der Waals surface area (Å²) in [6, 6.07) is 14.0. The molecular formula is C22H26FN3O4. The van der Waals surface area contributed by atoms with Crippen LogP contribution in [0, 0.1) is 11.7 Å². The van der Waals surface area contributed by atoms with E-state index in [1.165, 1.54) is 25.1 Å². The number of halogens is 1. The minimum Gasteiger partial charge on any atom is -0.478 e. The van der Waals surface area contributed by atoms with E-state index in [4.69, 9.17) is 4.74 Å². The van der Waals surface area contributed by atoms with E-state index in [9.17, 15) is 18.8 Å². The summed E-state index contributed by atoms with van der Waals surface area (Å²) >= 11 is 0. The molecule has 8 heteroatoms. The van der Waals surface area contributed by atoms with Crippen LogP contribution in [0.5, 0.6) is 5.75 Å². The number of hydrazine groups is 1. The largest absolute Gasteiger partial charge is 0.478 e. The van der Waals surface area contributed by atoms with Crippen LogP contribution in [0.4, 0.5) is 4.39 Å². The van der Waals surface area contributed by atoms with Crippen LogP contribution in [0.2, 0.25) is 0 Å². The Morgan fingerprint density at radius 1 is 0.900 bits per heavy atom. The third kappa shape index (κ3) is 6.88. The molecule has 160 valence electrons. The monoisotopic (exact) mass is 415 g/mol. The normalized spacial score (nSPS) is 12.6. The van der Waals surface area contributed by atoms with E-state index in [2.05, 4.69) is 16.2 Å². The number of para-hydroxylation sites is 1. The number of rotatable bonds is 8. The Labute approximate surface area is 175 Å². The van der Waals surface area contributed by atoms with Gasteiger partial charge in [0, 0.05) is 0 Å². The molecular weight excluding hydrogens is 389 g/mol. The lowest BCUT2D eigenvalue weighted by Crippen LogP contribution is -2.56. The van der Waals surface area contributed by atoms with Gasteiger partial charge in [-0.1, -0.05) is 56.3 Å². The molecule has 2 rings (SSSR count). The van der Waals surface area contributed by atoms with Crippen molar-refractivity contribution >= 4 is 17.7 Å². The lowest BCUT2D eigenvalue weighted by atomic mass is 10.0. The Morgan fingerprint density at radius 3 is 2.13 bits per heavy atom. The highest BCUT2D eigenvalue weighted by molar-refractivity contribution is 5.90. The van der Waals surface area contributed by atoms with Crippen molar-refractivity contribution in [2.24, 2.45) is 5.92 Å². The summed E-state index contributed by atoms with van der Waals surface area (Å²) in [6.45, 7) is 4.98. The fraction of sp³-hybridized carbons (Fsp3) is 0.318. The van der Waals surface area contributed by atoms with E-state index in [0.29, 0.717) is 0 Å². The first kappa shape index (κ1) is 22.9. The highest BCUT2D eigenvalue weighted by atomic mass is 19.1. The van der Waals surface area contributed by atoms with Crippen LogP contribution in [-0.2, 0) is 20.8 Å². The molecule has 0 aliphatic rings. The molecule has 3 amide bonds. The molecule has 0 spiro atoms. The van der Waals surface area contributed by atoms with Gasteiger partial charge in [-0.15, -0.1) is 0 Å². The topological polar surface area (TPSA) is 96.5 Å². The SMILES string of the molecule is CC(Oc1ccccc1F)C(=O)NNC(=O)[C@@H](NC(=O)Cc1ccccc1)C(C)C. The Balaban J connectivity index is 1.87. The van der Waals surface area contributed by atoms with Gasteiger partial charge in [-0.05, 0) is 30.5 Å². The van der Waals surface area contributed by atoms with Crippen molar-refractivity contribution in [3.8, 4) is 5.75 Å². The maximum Gasteiger partial charge on any atom is 0.279 e. The van der Waals surface area contributed by atoms with Gasteiger partial charge in [-0.2, -0.15) is 0 Å². The minimum absolute atomic E-state index is 0.0697. The molecule has 0 saturated heterocycles. The van der Waals surface area contributed by atoms with Gasteiger partial charge in [0.25, 0.3) is 11.8 Å². The summed E-state index contributed by atoms with van der Waals surface area (Å²) in [5.41, 5.74) is 5.35.